The van der Waals surface area contributed by atoms with Crippen LogP contribution in [0.3, 0.4) is 0 Å². The van der Waals surface area contributed by atoms with Crippen molar-refractivity contribution < 1.29 is 4.74 Å². The lowest BCUT2D eigenvalue weighted by molar-refractivity contribution is 0.285. The van der Waals surface area contributed by atoms with E-state index in [1.54, 1.807) is 0 Å². The molecule has 84 valence electrons. The fourth-order valence-electron chi connectivity index (χ4n) is 1.40. The zero-order chi connectivity index (χ0) is 11.1. The predicted octanol–water partition coefficient (Wildman–Crippen LogP) is 2.76. The highest BCUT2D eigenvalue weighted by molar-refractivity contribution is 5.28. The summed E-state index contributed by atoms with van der Waals surface area (Å²) in [4.78, 5) is 0. The largest absolute Gasteiger partial charge is 0.492 e. The van der Waals surface area contributed by atoms with Crippen molar-refractivity contribution in [2.24, 2.45) is 5.73 Å². The van der Waals surface area contributed by atoms with E-state index in [1.165, 1.54) is 5.56 Å². The molecule has 0 heterocycles. The van der Waals surface area contributed by atoms with Crippen LogP contribution < -0.4 is 10.5 Å². The van der Waals surface area contributed by atoms with Gasteiger partial charge in [0.2, 0.25) is 0 Å². The zero-order valence-corrected chi connectivity index (χ0v) is 9.70. The second-order valence-corrected chi connectivity index (χ2v) is 3.88. The van der Waals surface area contributed by atoms with Crippen molar-refractivity contribution in [3.05, 3.63) is 29.8 Å². The summed E-state index contributed by atoms with van der Waals surface area (Å²) >= 11 is 0. The standard InChI is InChI=1S/C13H21NO/c1-3-6-11-7-5-8-13(9-11)15-10-12(14)4-2/h5,7-9,12H,3-4,6,10,14H2,1-2H3. The number of hydrogen-bond acceptors (Lipinski definition) is 2. The van der Waals surface area contributed by atoms with Gasteiger partial charge in [0, 0.05) is 6.04 Å². The molecule has 0 spiro atoms. The first-order chi connectivity index (χ1) is 7.26. The van der Waals surface area contributed by atoms with Crippen LogP contribution in [0.1, 0.15) is 32.3 Å². The van der Waals surface area contributed by atoms with E-state index in [4.69, 9.17) is 10.5 Å². The van der Waals surface area contributed by atoms with Crippen molar-refractivity contribution in [3.8, 4) is 5.75 Å². The average Bonchev–Trinajstić information content (AvgIpc) is 2.27. The molecule has 2 nitrogen and oxygen atoms in total. The molecule has 0 fully saturated rings. The molecule has 2 heteroatoms. The maximum Gasteiger partial charge on any atom is 0.119 e. The first kappa shape index (κ1) is 12.1. The Balaban J connectivity index is 2.50. The summed E-state index contributed by atoms with van der Waals surface area (Å²) in [6.07, 6.45) is 3.23. The summed E-state index contributed by atoms with van der Waals surface area (Å²) in [6.45, 7) is 4.86. The molecule has 1 aromatic carbocycles. The molecule has 1 rings (SSSR count). The number of nitrogens with two attached hydrogens (primary N) is 1. The maximum absolute atomic E-state index is 5.79. The minimum Gasteiger partial charge on any atom is -0.492 e. The Kier molecular flexibility index (Phi) is 5.19. The van der Waals surface area contributed by atoms with Crippen LogP contribution in [-0.4, -0.2) is 12.6 Å². The van der Waals surface area contributed by atoms with E-state index >= 15 is 0 Å². The van der Waals surface area contributed by atoms with Gasteiger partial charge in [-0.1, -0.05) is 32.4 Å². The predicted molar refractivity (Wildman–Crippen MR) is 64.2 cm³/mol. The Labute approximate surface area is 92.4 Å². The van der Waals surface area contributed by atoms with E-state index in [2.05, 4.69) is 26.0 Å². The molecule has 0 aliphatic rings. The molecule has 1 atom stereocenters. The maximum atomic E-state index is 5.79. The Morgan fingerprint density at radius 3 is 2.80 bits per heavy atom. The molecule has 1 aromatic rings. The van der Waals surface area contributed by atoms with Gasteiger partial charge in [0.25, 0.3) is 0 Å². The van der Waals surface area contributed by atoms with Crippen molar-refractivity contribution in [3.63, 3.8) is 0 Å². The number of aryl methyl sites for hydroxylation is 1. The van der Waals surface area contributed by atoms with Gasteiger partial charge in [0.1, 0.15) is 12.4 Å². The molecule has 2 N–H and O–H groups in total. The minimum atomic E-state index is 0.139. The van der Waals surface area contributed by atoms with Crippen LogP contribution in [0, 0.1) is 0 Å². The molecule has 0 aliphatic heterocycles. The Bertz CT molecular complexity index is 286. The average molecular weight is 207 g/mol. The molecule has 0 aromatic heterocycles. The van der Waals surface area contributed by atoms with Gasteiger partial charge in [0.15, 0.2) is 0 Å². The highest BCUT2D eigenvalue weighted by Gasteiger charge is 2.01. The Hall–Kier alpha value is -1.02. The fraction of sp³-hybridized carbons (Fsp3) is 0.538. The van der Waals surface area contributed by atoms with Crippen molar-refractivity contribution >= 4 is 0 Å². The second-order valence-electron chi connectivity index (χ2n) is 3.88. The van der Waals surface area contributed by atoms with E-state index in [-0.39, 0.29) is 6.04 Å². The van der Waals surface area contributed by atoms with Gasteiger partial charge in [0.05, 0.1) is 0 Å². The van der Waals surface area contributed by atoms with E-state index in [1.807, 2.05) is 12.1 Å². The van der Waals surface area contributed by atoms with E-state index in [0.717, 1.165) is 25.0 Å². The first-order valence-corrected chi connectivity index (χ1v) is 5.73. The van der Waals surface area contributed by atoms with Crippen molar-refractivity contribution in [2.75, 3.05) is 6.61 Å². The fourth-order valence-corrected chi connectivity index (χ4v) is 1.40. The minimum absolute atomic E-state index is 0.139. The summed E-state index contributed by atoms with van der Waals surface area (Å²) in [6, 6.07) is 8.40. The molecule has 0 bridgehead atoms. The lowest BCUT2D eigenvalue weighted by atomic mass is 10.1. The van der Waals surface area contributed by atoms with Gasteiger partial charge >= 0.3 is 0 Å². The summed E-state index contributed by atoms with van der Waals surface area (Å²) in [5.41, 5.74) is 7.13. The molecule has 0 aliphatic carbocycles. The SMILES string of the molecule is CCCc1cccc(OCC(N)CC)c1. The van der Waals surface area contributed by atoms with Crippen molar-refractivity contribution in [1.82, 2.24) is 0 Å². The summed E-state index contributed by atoms with van der Waals surface area (Å²) in [5, 5.41) is 0. The normalized spacial score (nSPS) is 12.5. The molecular formula is C13H21NO. The molecule has 0 amide bonds. The summed E-state index contributed by atoms with van der Waals surface area (Å²) in [5.74, 6) is 0.935. The van der Waals surface area contributed by atoms with Crippen LogP contribution >= 0.6 is 0 Å². The monoisotopic (exact) mass is 207 g/mol. The third-order valence-electron chi connectivity index (χ3n) is 2.43. The van der Waals surface area contributed by atoms with Crippen LogP contribution in [0.5, 0.6) is 5.75 Å². The third kappa shape index (κ3) is 4.34. The number of hydrogen-bond donors (Lipinski definition) is 1. The quantitative estimate of drug-likeness (QED) is 0.778. The van der Waals surface area contributed by atoms with Crippen LogP contribution in [0.4, 0.5) is 0 Å². The van der Waals surface area contributed by atoms with Gasteiger partial charge in [-0.15, -0.1) is 0 Å². The first-order valence-electron chi connectivity index (χ1n) is 5.73. The van der Waals surface area contributed by atoms with E-state index in [0.29, 0.717) is 6.61 Å². The van der Waals surface area contributed by atoms with E-state index in [9.17, 15) is 0 Å². The van der Waals surface area contributed by atoms with Crippen LogP contribution in [0.25, 0.3) is 0 Å². The number of ether oxygens (including phenoxy) is 1. The van der Waals surface area contributed by atoms with Gasteiger partial charge in [-0.2, -0.15) is 0 Å². The van der Waals surface area contributed by atoms with Gasteiger partial charge in [-0.25, -0.2) is 0 Å². The van der Waals surface area contributed by atoms with Crippen molar-refractivity contribution in [1.29, 1.82) is 0 Å². The molecule has 0 radical (unpaired) electrons. The molecular weight excluding hydrogens is 186 g/mol. The zero-order valence-electron chi connectivity index (χ0n) is 9.70. The van der Waals surface area contributed by atoms with Crippen molar-refractivity contribution in [2.45, 2.75) is 39.2 Å². The van der Waals surface area contributed by atoms with Crippen LogP contribution in [-0.2, 0) is 6.42 Å². The number of benzene rings is 1. The second kappa shape index (κ2) is 6.46. The van der Waals surface area contributed by atoms with E-state index < -0.39 is 0 Å². The molecule has 1 unspecified atom stereocenters. The van der Waals surface area contributed by atoms with Gasteiger partial charge in [-0.05, 0) is 30.5 Å². The molecule has 0 saturated carbocycles. The molecule has 15 heavy (non-hydrogen) atoms. The van der Waals surface area contributed by atoms with Crippen LogP contribution in [0.2, 0.25) is 0 Å². The van der Waals surface area contributed by atoms with Gasteiger partial charge < -0.3 is 10.5 Å². The van der Waals surface area contributed by atoms with Crippen LogP contribution in [0.15, 0.2) is 24.3 Å². The lowest BCUT2D eigenvalue weighted by Crippen LogP contribution is -2.26. The highest BCUT2D eigenvalue weighted by Crippen LogP contribution is 2.14. The summed E-state index contributed by atoms with van der Waals surface area (Å²) < 4.78 is 5.62. The Morgan fingerprint density at radius 2 is 2.13 bits per heavy atom. The van der Waals surface area contributed by atoms with Gasteiger partial charge in [-0.3, -0.25) is 0 Å². The number of rotatable bonds is 6. The smallest absolute Gasteiger partial charge is 0.119 e. The highest BCUT2D eigenvalue weighted by atomic mass is 16.5. The third-order valence-corrected chi connectivity index (χ3v) is 2.43. The lowest BCUT2D eigenvalue weighted by Gasteiger charge is -2.11. The Morgan fingerprint density at radius 1 is 1.33 bits per heavy atom. The molecule has 0 saturated heterocycles. The summed E-state index contributed by atoms with van der Waals surface area (Å²) in [7, 11) is 0. The topological polar surface area (TPSA) is 35.2 Å².